The quantitative estimate of drug-likeness (QED) is 0.722. The summed E-state index contributed by atoms with van der Waals surface area (Å²) in [7, 11) is 0. The van der Waals surface area contributed by atoms with Crippen LogP contribution in [0.15, 0.2) is 29.1 Å². The lowest BCUT2D eigenvalue weighted by atomic mass is 10.1. The number of anilines is 1. The molecule has 0 fully saturated rings. The molecule has 1 heterocycles. The fourth-order valence-corrected chi connectivity index (χ4v) is 2.79. The number of primary amides is 1. The van der Waals surface area contributed by atoms with E-state index in [1.54, 1.807) is 0 Å². The third-order valence-electron chi connectivity index (χ3n) is 4.12. The number of carbonyl (C=O) groups excluding carboxylic acids is 2. The second-order valence-corrected chi connectivity index (χ2v) is 6.44. The number of aryl methyl sites for hydroxylation is 2. The average Bonchev–Trinajstić information content (AvgIpc) is 2.56. The highest BCUT2D eigenvalue weighted by atomic mass is 19.4. The van der Waals surface area contributed by atoms with Crippen LogP contribution in [0, 0.1) is 13.8 Å². The molecule has 12 heteroatoms. The van der Waals surface area contributed by atoms with Crippen LogP contribution in [-0.2, 0) is 23.7 Å². The van der Waals surface area contributed by atoms with Gasteiger partial charge in [-0.25, -0.2) is 0 Å². The van der Waals surface area contributed by atoms with Crippen LogP contribution in [0.25, 0.3) is 0 Å². The summed E-state index contributed by atoms with van der Waals surface area (Å²) in [5.41, 5.74) is 0.377. The number of amides is 2. The van der Waals surface area contributed by atoms with Crippen molar-refractivity contribution in [2.45, 2.75) is 32.7 Å². The zero-order chi connectivity index (χ0) is 23.0. The fourth-order valence-electron chi connectivity index (χ4n) is 2.79. The van der Waals surface area contributed by atoms with Crippen LogP contribution in [0.3, 0.4) is 0 Å². The predicted molar refractivity (Wildman–Crippen MR) is 93.8 cm³/mol. The Morgan fingerprint density at radius 3 is 1.90 bits per heavy atom. The first-order chi connectivity index (χ1) is 13.6. The first kappa shape index (κ1) is 23.0. The molecule has 0 atom stereocenters. The highest BCUT2D eigenvalue weighted by molar-refractivity contribution is 5.94. The van der Waals surface area contributed by atoms with Gasteiger partial charge in [-0.2, -0.15) is 26.3 Å². The number of pyridine rings is 1. The Kier molecular flexibility index (Phi) is 6.00. The van der Waals surface area contributed by atoms with Crippen molar-refractivity contribution < 1.29 is 35.9 Å². The third kappa shape index (κ3) is 4.99. The summed E-state index contributed by atoms with van der Waals surface area (Å²) in [5, 5.41) is 1.92. The standard InChI is InChI=1S/C18H15F6N3O3/c1-8-3-9(2)27(16(30)14(8)15(25)29)7-13(28)26-12-5-10(17(19,20)21)4-11(6-12)18(22,23)24/h3-6H,7H2,1-2H3,(H2,25,29)(H,26,28). The van der Waals surface area contributed by atoms with E-state index in [2.05, 4.69) is 0 Å². The molecule has 2 aromatic rings. The first-order valence-corrected chi connectivity index (χ1v) is 8.21. The van der Waals surface area contributed by atoms with E-state index in [1.807, 2.05) is 5.32 Å². The summed E-state index contributed by atoms with van der Waals surface area (Å²) in [6.07, 6.45) is -10.2. The van der Waals surface area contributed by atoms with Crippen LogP contribution in [0.4, 0.5) is 32.0 Å². The largest absolute Gasteiger partial charge is 0.416 e. The number of nitrogens with two attached hydrogens (primary N) is 1. The Morgan fingerprint density at radius 1 is 0.967 bits per heavy atom. The molecular weight excluding hydrogens is 420 g/mol. The number of alkyl halides is 6. The number of halogens is 6. The van der Waals surface area contributed by atoms with Crippen LogP contribution in [0.5, 0.6) is 0 Å². The van der Waals surface area contributed by atoms with E-state index >= 15 is 0 Å². The summed E-state index contributed by atoms with van der Waals surface area (Å²) >= 11 is 0. The van der Waals surface area contributed by atoms with Crippen molar-refractivity contribution in [3.05, 3.63) is 62.6 Å². The van der Waals surface area contributed by atoms with Gasteiger partial charge >= 0.3 is 12.4 Å². The second-order valence-electron chi connectivity index (χ2n) is 6.44. The number of hydrogen-bond acceptors (Lipinski definition) is 3. The smallest absolute Gasteiger partial charge is 0.365 e. The molecule has 0 spiro atoms. The van der Waals surface area contributed by atoms with Crippen molar-refractivity contribution in [2.75, 3.05) is 5.32 Å². The zero-order valence-electron chi connectivity index (χ0n) is 15.5. The summed E-state index contributed by atoms with van der Waals surface area (Å²) in [6, 6.07) is 1.99. The molecule has 0 saturated carbocycles. The average molecular weight is 435 g/mol. The molecule has 0 aliphatic heterocycles. The lowest BCUT2D eigenvalue weighted by Gasteiger charge is -2.16. The molecule has 0 aliphatic carbocycles. The van der Waals surface area contributed by atoms with E-state index in [-0.39, 0.29) is 22.9 Å². The Labute approximate surface area is 165 Å². The van der Waals surface area contributed by atoms with Crippen LogP contribution in [-0.4, -0.2) is 16.4 Å². The Balaban J connectivity index is 2.41. The molecule has 0 radical (unpaired) electrons. The van der Waals surface area contributed by atoms with Crippen LogP contribution in [0.1, 0.15) is 32.7 Å². The van der Waals surface area contributed by atoms with E-state index in [0.29, 0.717) is 12.1 Å². The first-order valence-electron chi connectivity index (χ1n) is 8.21. The van der Waals surface area contributed by atoms with Gasteiger partial charge in [0, 0.05) is 11.4 Å². The molecule has 3 N–H and O–H groups in total. The van der Waals surface area contributed by atoms with Gasteiger partial charge in [0.05, 0.1) is 11.1 Å². The molecule has 1 aromatic heterocycles. The van der Waals surface area contributed by atoms with E-state index in [0.717, 1.165) is 4.57 Å². The van der Waals surface area contributed by atoms with Gasteiger partial charge in [0.15, 0.2) is 0 Å². The molecular formula is C18H15F6N3O3. The van der Waals surface area contributed by atoms with Crippen molar-refractivity contribution >= 4 is 17.5 Å². The zero-order valence-corrected chi connectivity index (χ0v) is 15.5. The summed E-state index contributed by atoms with van der Waals surface area (Å²) in [4.78, 5) is 36.1. The molecule has 0 aliphatic rings. The number of benzene rings is 1. The maximum Gasteiger partial charge on any atom is 0.416 e. The van der Waals surface area contributed by atoms with Crippen molar-refractivity contribution in [1.29, 1.82) is 0 Å². The maximum absolute atomic E-state index is 12.9. The van der Waals surface area contributed by atoms with Gasteiger partial charge in [0.25, 0.3) is 11.5 Å². The number of nitrogens with one attached hydrogen (secondary N) is 1. The van der Waals surface area contributed by atoms with Gasteiger partial charge in [-0.1, -0.05) is 0 Å². The van der Waals surface area contributed by atoms with Crippen molar-refractivity contribution in [1.82, 2.24) is 4.57 Å². The summed E-state index contributed by atoms with van der Waals surface area (Å²) in [5.74, 6) is -2.12. The van der Waals surface area contributed by atoms with Crippen LogP contribution >= 0.6 is 0 Å². The monoisotopic (exact) mass is 435 g/mol. The highest BCUT2D eigenvalue weighted by Crippen LogP contribution is 2.37. The third-order valence-corrected chi connectivity index (χ3v) is 4.12. The SMILES string of the molecule is Cc1cc(C)n(CC(=O)Nc2cc(C(F)(F)F)cc(C(F)(F)F)c2)c(=O)c1C(N)=O. The molecule has 1 aromatic carbocycles. The van der Waals surface area contributed by atoms with Gasteiger partial charge < -0.3 is 15.6 Å². The molecule has 162 valence electrons. The Morgan fingerprint density at radius 2 is 1.47 bits per heavy atom. The van der Waals surface area contributed by atoms with Crippen LogP contribution in [0.2, 0.25) is 0 Å². The number of carbonyl (C=O) groups is 2. The number of rotatable bonds is 4. The number of aromatic nitrogens is 1. The molecule has 2 rings (SSSR count). The molecule has 0 saturated heterocycles. The van der Waals surface area contributed by atoms with E-state index < -0.39 is 53.1 Å². The lowest BCUT2D eigenvalue weighted by molar-refractivity contribution is -0.143. The van der Waals surface area contributed by atoms with Gasteiger partial charge in [0.2, 0.25) is 5.91 Å². The van der Waals surface area contributed by atoms with Crippen molar-refractivity contribution in [2.24, 2.45) is 5.73 Å². The highest BCUT2D eigenvalue weighted by Gasteiger charge is 2.37. The normalized spacial score (nSPS) is 12.0. The number of nitrogens with zero attached hydrogens (tertiary/aromatic N) is 1. The van der Waals surface area contributed by atoms with Gasteiger partial charge in [0.1, 0.15) is 12.1 Å². The number of hydrogen-bond donors (Lipinski definition) is 2. The topological polar surface area (TPSA) is 94.2 Å². The van der Waals surface area contributed by atoms with Gasteiger partial charge in [-0.15, -0.1) is 0 Å². The minimum absolute atomic E-state index is 0.0799. The Bertz CT molecular complexity index is 1040. The minimum Gasteiger partial charge on any atom is -0.365 e. The molecule has 6 nitrogen and oxygen atoms in total. The van der Waals surface area contributed by atoms with Crippen LogP contribution < -0.4 is 16.6 Å². The summed E-state index contributed by atoms with van der Waals surface area (Å²) < 4.78 is 78.3. The second kappa shape index (κ2) is 7.84. The van der Waals surface area contributed by atoms with Gasteiger partial charge in [-0.05, 0) is 43.7 Å². The minimum atomic E-state index is -5.08. The van der Waals surface area contributed by atoms with Crippen molar-refractivity contribution in [3.63, 3.8) is 0 Å². The summed E-state index contributed by atoms with van der Waals surface area (Å²) in [6.45, 7) is 2.11. The van der Waals surface area contributed by atoms with Crippen molar-refractivity contribution in [3.8, 4) is 0 Å². The lowest BCUT2D eigenvalue weighted by Crippen LogP contribution is -2.35. The Hall–Kier alpha value is -3.31. The maximum atomic E-state index is 12.9. The fraction of sp³-hybridized carbons (Fsp3) is 0.278. The van der Waals surface area contributed by atoms with E-state index in [9.17, 15) is 40.7 Å². The van der Waals surface area contributed by atoms with Gasteiger partial charge in [-0.3, -0.25) is 14.4 Å². The molecule has 30 heavy (non-hydrogen) atoms. The van der Waals surface area contributed by atoms with E-state index in [4.69, 9.17) is 5.73 Å². The molecule has 2 amide bonds. The molecule has 0 bridgehead atoms. The van der Waals surface area contributed by atoms with E-state index in [1.165, 1.54) is 19.9 Å². The predicted octanol–water partition coefficient (Wildman–Crippen LogP) is 3.24. The molecule has 0 unspecified atom stereocenters.